The van der Waals surface area contributed by atoms with Gasteiger partial charge in [0, 0.05) is 18.7 Å². The van der Waals surface area contributed by atoms with Crippen molar-refractivity contribution in [3.8, 4) is 0 Å². The molecule has 0 spiro atoms. The molecule has 0 aromatic heterocycles. The monoisotopic (exact) mass is 292 g/mol. The number of nitrogens with one attached hydrogen (secondary N) is 1. The normalized spacial score (nSPS) is 22.0. The van der Waals surface area contributed by atoms with Crippen LogP contribution >= 0.6 is 0 Å². The second-order valence-electron chi connectivity index (χ2n) is 5.46. The third-order valence-electron chi connectivity index (χ3n) is 4.25. The molecule has 1 saturated heterocycles. The van der Waals surface area contributed by atoms with Crippen LogP contribution in [0.15, 0.2) is 18.2 Å². The number of nitro groups is 1. The minimum absolute atomic E-state index is 0.0675. The zero-order valence-electron chi connectivity index (χ0n) is 12.2. The quantitative estimate of drug-likeness (QED) is 0.505. The average molecular weight is 292 g/mol. The molecule has 2 unspecified atom stereocenters. The Kier molecular flexibility index (Phi) is 4.42. The highest BCUT2D eigenvalue weighted by Crippen LogP contribution is 2.31. The van der Waals surface area contributed by atoms with E-state index in [1.54, 1.807) is 11.0 Å². The lowest BCUT2D eigenvalue weighted by Gasteiger charge is -2.38. The Labute approximate surface area is 123 Å². The number of rotatable bonds is 3. The molecule has 1 fully saturated rings. The zero-order chi connectivity index (χ0) is 15.6. The Hall–Kier alpha value is -2.15. The van der Waals surface area contributed by atoms with Gasteiger partial charge in [-0.2, -0.15) is 0 Å². The summed E-state index contributed by atoms with van der Waals surface area (Å²) in [4.78, 5) is 25.0. The van der Waals surface area contributed by atoms with E-state index in [1.807, 2.05) is 6.92 Å². The maximum Gasteiger partial charge on any atom is 0.294 e. The number of anilines is 1. The summed E-state index contributed by atoms with van der Waals surface area (Å²) >= 11 is 0. The average Bonchev–Trinajstić information content (AvgIpc) is 2.48. The molecule has 0 radical (unpaired) electrons. The van der Waals surface area contributed by atoms with Crippen LogP contribution in [0.4, 0.5) is 11.4 Å². The van der Waals surface area contributed by atoms with Gasteiger partial charge in [-0.05, 0) is 31.7 Å². The van der Waals surface area contributed by atoms with Crippen molar-refractivity contribution in [3.05, 3.63) is 33.9 Å². The van der Waals surface area contributed by atoms with Gasteiger partial charge < -0.3 is 10.3 Å². The first-order valence-corrected chi connectivity index (χ1v) is 7.02. The van der Waals surface area contributed by atoms with Gasteiger partial charge in [0.15, 0.2) is 0 Å². The third kappa shape index (κ3) is 2.82. The minimum atomic E-state index is -0.547. The third-order valence-corrected chi connectivity index (χ3v) is 4.25. The summed E-state index contributed by atoms with van der Waals surface area (Å²) in [6, 6.07) is 4.51. The van der Waals surface area contributed by atoms with Gasteiger partial charge >= 0.3 is 0 Å². The van der Waals surface area contributed by atoms with Crippen LogP contribution in [-0.4, -0.2) is 28.3 Å². The van der Waals surface area contributed by atoms with E-state index in [-0.39, 0.29) is 28.9 Å². The number of hydrazine groups is 1. The van der Waals surface area contributed by atoms with Crippen molar-refractivity contribution in [3.63, 3.8) is 0 Å². The van der Waals surface area contributed by atoms with Crippen LogP contribution in [0, 0.1) is 16.0 Å². The van der Waals surface area contributed by atoms with Crippen LogP contribution < -0.4 is 11.3 Å². The maximum absolute atomic E-state index is 12.7. The van der Waals surface area contributed by atoms with Crippen LogP contribution in [0.25, 0.3) is 0 Å². The second-order valence-corrected chi connectivity index (χ2v) is 5.46. The number of hydrogen-bond donors (Lipinski definition) is 2. The highest BCUT2D eigenvalue weighted by atomic mass is 16.6. The van der Waals surface area contributed by atoms with E-state index in [9.17, 15) is 14.9 Å². The predicted octanol–water partition coefficient (Wildman–Crippen LogP) is 2.14. The first-order valence-electron chi connectivity index (χ1n) is 7.02. The van der Waals surface area contributed by atoms with Gasteiger partial charge in [0.25, 0.3) is 11.6 Å². The van der Waals surface area contributed by atoms with E-state index < -0.39 is 4.92 Å². The number of amides is 1. The van der Waals surface area contributed by atoms with Gasteiger partial charge in [-0.3, -0.25) is 20.8 Å². The Balaban J connectivity index is 2.39. The van der Waals surface area contributed by atoms with Crippen molar-refractivity contribution in [2.45, 2.75) is 32.7 Å². The van der Waals surface area contributed by atoms with E-state index in [2.05, 4.69) is 12.3 Å². The number of nitro benzene ring substituents is 1. The molecule has 3 N–H and O–H groups in total. The molecular weight excluding hydrogens is 272 g/mol. The molecule has 1 aromatic rings. The Bertz CT molecular complexity index is 561. The first kappa shape index (κ1) is 15.2. The van der Waals surface area contributed by atoms with Crippen LogP contribution in [0.2, 0.25) is 0 Å². The van der Waals surface area contributed by atoms with Crippen molar-refractivity contribution >= 4 is 17.3 Å². The summed E-state index contributed by atoms with van der Waals surface area (Å²) in [7, 11) is 0. The summed E-state index contributed by atoms with van der Waals surface area (Å²) < 4.78 is 0. The maximum atomic E-state index is 12.7. The molecule has 1 aliphatic heterocycles. The number of para-hydroxylation sites is 1. The highest BCUT2D eigenvalue weighted by molar-refractivity contribution is 6.01. The van der Waals surface area contributed by atoms with Crippen LogP contribution in [0.1, 0.15) is 37.0 Å². The molecule has 0 saturated carbocycles. The summed E-state index contributed by atoms with van der Waals surface area (Å²) in [5, 5.41) is 11.0. The van der Waals surface area contributed by atoms with Crippen LogP contribution in [0.3, 0.4) is 0 Å². The van der Waals surface area contributed by atoms with Gasteiger partial charge in [-0.1, -0.05) is 13.0 Å². The molecule has 7 nitrogen and oxygen atoms in total. The standard InChI is InChI=1S/C14H20N4O3/c1-9-5-4-8-17(10(9)2)14(19)11-6-3-7-12(18(20)21)13(11)16-15/h3,6-7,9-10,16H,4-5,8,15H2,1-2H3. The van der Waals surface area contributed by atoms with Gasteiger partial charge in [-0.15, -0.1) is 0 Å². The SMILES string of the molecule is CC1CCCN(C(=O)c2cccc([N+](=O)[O-])c2NN)C1C. The van der Waals surface area contributed by atoms with E-state index in [1.165, 1.54) is 12.1 Å². The van der Waals surface area contributed by atoms with Crippen molar-refractivity contribution in [1.29, 1.82) is 0 Å². The number of nitrogens with zero attached hydrogens (tertiary/aromatic N) is 2. The predicted molar refractivity (Wildman–Crippen MR) is 79.8 cm³/mol. The summed E-state index contributed by atoms with van der Waals surface area (Å²) in [5.74, 6) is 5.59. The van der Waals surface area contributed by atoms with E-state index in [0.717, 1.165) is 12.8 Å². The molecule has 0 aliphatic carbocycles. The Morgan fingerprint density at radius 1 is 1.48 bits per heavy atom. The number of piperidine rings is 1. The lowest BCUT2D eigenvalue weighted by Crippen LogP contribution is -2.46. The number of benzene rings is 1. The van der Waals surface area contributed by atoms with Gasteiger partial charge in [0.1, 0.15) is 5.69 Å². The molecular formula is C14H20N4O3. The van der Waals surface area contributed by atoms with Crippen molar-refractivity contribution in [2.75, 3.05) is 12.0 Å². The van der Waals surface area contributed by atoms with Gasteiger partial charge in [-0.25, -0.2) is 0 Å². The fraction of sp³-hybridized carbons (Fsp3) is 0.500. The molecule has 2 rings (SSSR count). The highest BCUT2D eigenvalue weighted by Gasteiger charge is 2.31. The van der Waals surface area contributed by atoms with Crippen molar-refractivity contribution in [1.82, 2.24) is 4.90 Å². The fourth-order valence-corrected chi connectivity index (χ4v) is 2.80. The lowest BCUT2D eigenvalue weighted by atomic mass is 9.91. The van der Waals surface area contributed by atoms with Crippen molar-refractivity contribution < 1.29 is 9.72 Å². The number of nitrogen functional groups attached to an aromatic ring is 1. The Morgan fingerprint density at radius 3 is 2.81 bits per heavy atom. The molecule has 2 atom stereocenters. The molecule has 1 aromatic carbocycles. The minimum Gasteiger partial charge on any atom is -0.336 e. The molecule has 1 amide bonds. The number of hydrogen-bond acceptors (Lipinski definition) is 5. The van der Waals surface area contributed by atoms with E-state index in [4.69, 9.17) is 5.84 Å². The van der Waals surface area contributed by atoms with Crippen LogP contribution in [0.5, 0.6) is 0 Å². The molecule has 1 aliphatic rings. The molecule has 114 valence electrons. The van der Waals surface area contributed by atoms with Gasteiger partial charge in [0.05, 0.1) is 10.5 Å². The first-order chi connectivity index (χ1) is 9.97. The second kappa shape index (κ2) is 6.09. The lowest BCUT2D eigenvalue weighted by molar-refractivity contribution is -0.384. The molecule has 7 heteroatoms. The number of carbonyl (C=O) groups excluding carboxylic acids is 1. The zero-order valence-corrected chi connectivity index (χ0v) is 12.2. The molecule has 21 heavy (non-hydrogen) atoms. The summed E-state index contributed by atoms with van der Waals surface area (Å²) in [6.07, 6.45) is 2.03. The summed E-state index contributed by atoms with van der Waals surface area (Å²) in [5.41, 5.74) is 2.42. The van der Waals surface area contributed by atoms with Gasteiger partial charge in [0.2, 0.25) is 0 Å². The van der Waals surface area contributed by atoms with E-state index in [0.29, 0.717) is 12.5 Å². The molecule has 0 bridgehead atoms. The number of nitrogens with two attached hydrogens (primary N) is 1. The smallest absolute Gasteiger partial charge is 0.294 e. The Morgan fingerprint density at radius 2 is 2.19 bits per heavy atom. The van der Waals surface area contributed by atoms with Crippen molar-refractivity contribution in [2.24, 2.45) is 11.8 Å². The fourth-order valence-electron chi connectivity index (χ4n) is 2.80. The number of likely N-dealkylation sites (tertiary alicyclic amines) is 1. The van der Waals surface area contributed by atoms with E-state index >= 15 is 0 Å². The largest absolute Gasteiger partial charge is 0.336 e. The number of carbonyl (C=O) groups is 1. The van der Waals surface area contributed by atoms with Crippen LogP contribution in [-0.2, 0) is 0 Å². The molecule has 1 heterocycles. The topological polar surface area (TPSA) is 102 Å². The summed E-state index contributed by atoms with van der Waals surface area (Å²) in [6.45, 7) is 4.78.